The molecule has 8 atom stereocenters. The summed E-state index contributed by atoms with van der Waals surface area (Å²) >= 11 is 0. The fourth-order valence-corrected chi connectivity index (χ4v) is 4.14. The summed E-state index contributed by atoms with van der Waals surface area (Å²) in [6.07, 6.45) is -2.27. The molecular weight excluding hydrogens is 476 g/mol. The van der Waals surface area contributed by atoms with Gasteiger partial charge in [0.25, 0.3) is 0 Å². The van der Waals surface area contributed by atoms with Crippen molar-refractivity contribution in [2.75, 3.05) is 26.9 Å². The summed E-state index contributed by atoms with van der Waals surface area (Å²) in [6, 6.07) is 0. The van der Waals surface area contributed by atoms with Crippen molar-refractivity contribution in [3.8, 4) is 0 Å². The molecule has 1 fully saturated rings. The van der Waals surface area contributed by atoms with Crippen molar-refractivity contribution < 1.29 is 53.6 Å². The van der Waals surface area contributed by atoms with Crippen molar-refractivity contribution in [2.45, 2.75) is 89.2 Å². The van der Waals surface area contributed by atoms with Crippen LogP contribution in [0, 0.1) is 11.8 Å². The standard InChI is InChI=1S/C25H42O11/c1-5-8-10-32-19(33-11-9-6-2)12-16-15(7-3)24(34-14-17(16)23(30)31-4)36-25-22(29)21(28)20(27)18(13-26)35-25/h7,14-16,18-22,24-29H,3,5-6,8-13H2,1-2,4H3. The van der Waals surface area contributed by atoms with E-state index in [4.69, 9.17) is 28.4 Å². The normalized spacial score (nSPS) is 32.6. The van der Waals surface area contributed by atoms with E-state index in [1.165, 1.54) is 13.4 Å². The number of ether oxygens (including phenoxy) is 6. The molecule has 0 aliphatic carbocycles. The number of rotatable bonds is 15. The van der Waals surface area contributed by atoms with E-state index in [-0.39, 0.29) is 12.0 Å². The minimum absolute atomic E-state index is 0.249. The molecule has 11 heteroatoms. The molecule has 0 amide bonds. The molecule has 8 unspecified atom stereocenters. The first-order chi connectivity index (χ1) is 17.3. The molecule has 0 aromatic rings. The quantitative estimate of drug-likeness (QED) is 0.106. The van der Waals surface area contributed by atoms with Gasteiger partial charge in [0, 0.05) is 31.5 Å². The summed E-state index contributed by atoms with van der Waals surface area (Å²) in [7, 11) is 1.27. The fourth-order valence-electron chi connectivity index (χ4n) is 4.14. The third kappa shape index (κ3) is 7.96. The van der Waals surface area contributed by atoms with Gasteiger partial charge < -0.3 is 48.8 Å². The van der Waals surface area contributed by atoms with Crippen LogP contribution in [0.15, 0.2) is 24.5 Å². The Hall–Kier alpha value is -1.57. The SMILES string of the molecule is C=CC1C(OC2OC(CO)C(O)C(O)C2O)OC=C(C(=O)OC)C1CC(OCCCC)OCCCC. The lowest BCUT2D eigenvalue weighted by molar-refractivity contribution is -0.339. The van der Waals surface area contributed by atoms with Crippen molar-refractivity contribution in [3.05, 3.63) is 24.5 Å². The van der Waals surface area contributed by atoms with E-state index in [1.54, 1.807) is 6.08 Å². The molecule has 11 nitrogen and oxygen atoms in total. The third-order valence-corrected chi connectivity index (χ3v) is 6.37. The van der Waals surface area contributed by atoms with E-state index in [9.17, 15) is 25.2 Å². The Labute approximate surface area is 212 Å². The molecule has 2 heterocycles. The van der Waals surface area contributed by atoms with E-state index >= 15 is 0 Å². The molecule has 0 aromatic carbocycles. The van der Waals surface area contributed by atoms with E-state index in [0.717, 1.165) is 25.7 Å². The molecule has 0 radical (unpaired) electrons. The zero-order valence-electron chi connectivity index (χ0n) is 21.4. The number of esters is 1. The van der Waals surface area contributed by atoms with Gasteiger partial charge in [-0.25, -0.2) is 4.79 Å². The van der Waals surface area contributed by atoms with Crippen molar-refractivity contribution in [1.82, 2.24) is 0 Å². The predicted molar refractivity (Wildman–Crippen MR) is 127 cm³/mol. The molecule has 0 aromatic heterocycles. The molecule has 0 saturated carbocycles. The molecule has 2 aliphatic rings. The van der Waals surface area contributed by atoms with E-state index in [0.29, 0.717) is 13.2 Å². The Bertz CT molecular complexity index is 687. The van der Waals surface area contributed by atoms with Gasteiger partial charge in [-0.05, 0) is 12.8 Å². The zero-order valence-corrected chi connectivity index (χ0v) is 21.4. The van der Waals surface area contributed by atoms with Gasteiger partial charge in [-0.1, -0.05) is 32.8 Å². The average molecular weight is 519 g/mol. The van der Waals surface area contributed by atoms with Crippen LogP contribution in [0.3, 0.4) is 0 Å². The highest BCUT2D eigenvalue weighted by Crippen LogP contribution is 2.38. The summed E-state index contributed by atoms with van der Waals surface area (Å²) in [5, 5.41) is 40.0. The van der Waals surface area contributed by atoms with Crippen LogP contribution < -0.4 is 0 Å². The summed E-state index contributed by atoms with van der Waals surface area (Å²) in [5.41, 5.74) is 0.249. The Balaban J connectivity index is 2.25. The largest absolute Gasteiger partial charge is 0.471 e. The highest BCUT2D eigenvalue weighted by atomic mass is 16.8. The van der Waals surface area contributed by atoms with Crippen LogP contribution in [-0.4, -0.2) is 96.6 Å². The van der Waals surface area contributed by atoms with Crippen LogP contribution >= 0.6 is 0 Å². The lowest BCUT2D eigenvalue weighted by Crippen LogP contribution is -2.60. The van der Waals surface area contributed by atoms with Crippen LogP contribution in [-0.2, 0) is 33.2 Å². The van der Waals surface area contributed by atoms with Gasteiger partial charge in [0.2, 0.25) is 6.29 Å². The highest BCUT2D eigenvalue weighted by molar-refractivity contribution is 5.88. The molecule has 0 spiro atoms. The van der Waals surface area contributed by atoms with Crippen LogP contribution in [0.2, 0.25) is 0 Å². The smallest absolute Gasteiger partial charge is 0.337 e. The topological polar surface area (TPSA) is 153 Å². The molecular formula is C25H42O11. The zero-order chi connectivity index (χ0) is 26.7. The van der Waals surface area contributed by atoms with Gasteiger partial charge in [0.15, 0.2) is 12.6 Å². The maximum Gasteiger partial charge on any atom is 0.337 e. The second kappa shape index (κ2) is 15.6. The number of hydrogen-bond donors (Lipinski definition) is 4. The highest BCUT2D eigenvalue weighted by Gasteiger charge is 2.47. The van der Waals surface area contributed by atoms with E-state index in [2.05, 4.69) is 20.4 Å². The van der Waals surface area contributed by atoms with Crippen LogP contribution in [0.25, 0.3) is 0 Å². The Kier molecular flexibility index (Phi) is 13.3. The van der Waals surface area contributed by atoms with Crippen molar-refractivity contribution in [2.24, 2.45) is 11.8 Å². The van der Waals surface area contributed by atoms with Gasteiger partial charge in [-0.2, -0.15) is 0 Å². The average Bonchev–Trinajstić information content (AvgIpc) is 2.88. The monoisotopic (exact) mass is 518 g/mol. The number of unbranched alkanes of at least 4 members (excludes halogenated alkanes) is 2. The first-order valence-electron chi connectivity index (χ1n) is 12.6. The van der Waals surface area contributed by atoms with Gasteiger partial charge in [0.1, 0.15) is 24.4 Å². The third-order valence-electron chi connectivity index (χ3n) is 6.37. The minimum atomic E-state index is -1.61. The molecule has 2 aliphatic heterocycles. The molecule has 4 N–H and O–H groups in total. The Morgan fingerprint density at radius 3 is 2.25 bits per heavy atom. The van der Waals surface area contributed by atoms with E-state index < -0.39 is 67.7 Å². The minimum Gasteiger partial charge on any atom is -0.471 e. The van der Waals surface area contributed by atoms with Crippen LogP contribution in [0.4, 0.5) is 0 Å². The summed E-state index contributed by atoms with van der Waals surface area (Å²) < 4.78 is 33.9. The fraction of sp³-hybridized carbons (Fsp3) is 0.800. The first kappa shape index (κ1) is 30.7. The second-order valence-electron chi connectivity index (χ2n) is 8.94. The predicted octanol–water partition coefficient (Wildman–Crippen LogP) is 0.984. The second-order valence-corrected chi connectivity index (χ2v) is 8.94. The molecule has 2 rings (SSSR count). The maximum absolute atomic E-state index is 12.6. The van der Waals surface area contributed by atoms with Crippen molar-refractivity contribution in [1.29, 1.82) is 0 Å². The van der Waals surface area contributed by atoms with Crippen molar-refractivity contribution >= 4 is 5.97 Å². The molecule has 208 valence electrons. The number of aliphatic hydroxyl groups is 4. The maximum atomic E-state index is 12.6. The summed E-state index contributed by atoms with van der Waals surface area (Å²) in [4.78, 5) is 12.6. The van der Waals surface area contributed by atoms with Crippen LogP contribution in [0.5, 0.6) is 0 Å². The Morgan fingerprint density at radius 2 is 1.72 bits per heavy atom. The van der Waals surface area contributed by atoms with Gasteiger partial charge in [0.05, 0.1) is 25.6 Å². The lowest BCUT2D eigenvalue weighted by Gasteiger charge is -2.43. The van der Waals surface area contributed by atoms with Crippen molar-refractivity contribution in [3.63, 3.8) is 0 Å². The lowest BCUT2D eigenvalue weighted by atomic mass is 9.81. The first-order valence-corrected chi connectivity index (χ1v) is 12.6. The van der Waals surface area contributed by atoms with E-state index in [1.807, 2.05) is 0 Å². The molecule has 1 saturated heterocycles. The number of carbonyl (C=O) groups is 1. The molecule has 36 heavy (non-hydrogen) atoms. The molecule has 0 bridgehead atoms. The summed E-state index contributed by atoms with van der Waals surface area (Å²) in [5.74, 6) is -1.74. The number of methoxy groups -OCH3 is 1. The number of hydrogen-bond acceptors (Lipinski definition) is 11. The number of aliphatic hydroxyl groups excluding tert-OH is 4. The van der Waals surface area contributed by atoms with Gasteiger partial charge >= 0.3 is 5.97 Å². The summed E-state index contributed by atoms with van der Waals surface area (Å²) in [6.45, 7) is 8.39. The van der Waals surface area contributed by atoms with Gasteiger partial charge in [-0.15, -0.1) is 6.58 Å². The van der Waals surface area contributed by atoms with Gasteiger partial charge in [-0.3, -0.25) is 0 Å². The van der Waals surface area contributed by atoms with Crippen LogP contribution in [0.1, 0.15) is 46.0 Å². The number of carbonyl (C=O) groups excluding carboxylic acids is 1. The Morgan fingerprint density at radius 1 is 1.08 bits per heavy atom.